The lowest BCUT2D eigenvalue weighted by atomic mass is 10.1. The third kappa shape index (κ3) is 4.81. The van der Waals surface area contributed by atoms with Gasteiger partial charge in [0.1, 0.15) is 12.6 Å². The van der Waals surface area contributed by atoms with Gasteiger partial charge in [-0.05, 0) is 23.8 Å². The number of carbonyl (C=O) groups is 2. The summed E-state index contributed by atoms with van der Waals surface area (Å²) in [6.45, 7) is -0.690. The first-order valence-electron chi connectivity index (χ1n) is 5.40. The molecule has 1 aromatic carbocycles. The zero-order valence-electron chi connectivity index (χ0n) is 10.2. The number of halogens is 2. The second-order valence-corrected chi connectivity index (χ2v) is 5.03. The maximum absolute atomic E-state index is 11.6. The topological polar surface area (TPSA) is 75.6 Å². The van der Waals surface area contributed by atoms with Gasteiger partial charge in [-0.25, -0.2) is 4.79 Å². The van der Waals surface area contributed by atoms with Crippen LogP contribution in [0.15, 0.2) is 22.7 Å². The highest BCUT2D eigenvalue weighted by molar-refractivity contribution is 9.10. The van der Waals surface area contributed by atoms with Crippen LogP contribution in [0.1, 0.15) is 5.56 Å². The second kappa shape index (κ2) is 7.47. The number of hydrogen-bond acceptors (Lipinski definition) is 4. The molecule has 0 fully saturated rings. The molecule has 0 bridgehead atoms. The van der Waals surface area contributed by atoms with Gasteiger partial charge in [0.2, 0.25) is 5.91 Å². The molecule has 104 valence electrons. The average molecular weight is 351 g/mol. The van der Waals surface area contributed by atoms with Crippen LogP contribution in [0.25, 0.3) is 0 Å². The number of aliphatic hydroxyl groups is 1. The highest BCUT2D eigenvalue weighted by atomic mass is 79.9. The van der Waals surface area contributed by atoms with E-state index in [1.54, 1.807) is 18.2 Å². The largest absolute Gasteiger partial charge is 0.467 e. The summed E-state index contributed by atoms with van der Waals surface area (Å²) in [4.78, 5) is 22.8. The van der Waals surface area contributed by atoms with Crippen molar-refractivity contribution in [3.05, 3.63) is 33.3 Å². The Bertz CT molecular complexity index is 481. The number of rotatable bonds is 5. The van der Waals surface area contributed by atoms with Crippen LogP contribution in [0.4, 0.5) is 0 Å². The number of aliphatic hydroxyl groups excluding tert-OH is 1. The van der Waals surface area contributed by atoms with Crippen LogP contribution in [-0.2, 0) is 20.7 Å². The van der Waals surface area contributed by atoms with Crippen molar-refractivity contribution in [2.75, 3.05) is 13.7 Å². The maximum Gasteiger partial charge on any atom is 0.328 e. The molecule has 7 heteroatoms. The average Bonchev–Trinajstić information content (AvgIpc) is 2.40. The zero-order valence-corrected chi connectivity index (χ0v) is 12.5. The van der Waals surface area contributed by atoms with Gasteiger partial charge < -0.3 is 15.2 Å². The van der Waals surface area contributed by atoms with E-state index >= 15 is 0 Å². The summed E-state index contributed by atoms with van der Waals surface area (Å²) in [6, 6.07) is 4.26. The second-order valence-electron chi connectivity index (χ2n) is 3.74. The van der Waals surface area contributed by atoms with Crippen LogP contribution in [0.3, 0.4) is 0 Å². The Morgan fingerprint density at radius 3 is 2.79 bits per heavy atom. The van der Waals surface area contributed by atoms with E-state index in [-0.39, 0.29) is 6.42 Å². The first-order valence-corrected chi connectivity index (χ1v) is 6.57. The van der Waals surface area contributed by atoms with E-state index < -0.39 is 24.5 Å². The van der Waals surface area contributed by atoms with Crippen molar-refractivity contribution < 1.29 is 19.4 Å². The monoisotopic (exact) mass is 349 g/mol. The Kier molecular flexibility index (Phi) is 6.27. The van der Waals surface area contributed by atoms with Crippen LogP contribution in [0.2, 0.25) is 5.02 Å². The quantitative estimate of drug-likeness (QED) is 0.785. The number of hydrogen-bond donors (Lipinski definition) is 2. The summed E-state index contributed by atoms with van der Waals surface area (Å²) in [7, 11) is 1.23. The van der Waals surface area contributed by atoms with Crippen molar-refractivity contribution in [1.29, 1.82) is 0 Å². The van der Waals surface area contributed by atoms with Gasteiger partial charge in [0.15, 0.2) is 0 Å². The van der Waals surface area contributed by atoms with E-state index in [1.165, 1.54) is 7.11 Å². The number of benzene rings is 1. The Balaban J connectivity index is 2.90. The fraction of sp³-hybridized carbons (Fsp3) is 0.333. The summed E-state index contributed by atoms with van der Waals surface area (Å²) < 4.78 is 5.38. The zero-order chi connectivity index (χ0) is 14.4. The molecule has 0 radical (unpaired) electrons. The van der Waals surface area contributed by atoms with Crippen LogP contribution in [0.5, 0.6) is 0 Å². The third-order valence-corrected chi connectivity index (χ3v) is 3.41. The van der Waals surface area contributed by atoms with Gasteiger partial charge in [-0.1, -0.05) is 27.5 Å². The smallest absolute Gasteiger partial charge is 0.328 e. The van der Waals surface area contributed by atoms with E-state index in [4.69, 9.17) is 16.7 Å². The van der Waals surface area contributed by atoms with Gasteiger partial charge in [0, 0.05) is 15.9 Å². The molecular weight excluding hydrogens is 337 g/mol. The summed E-state index contributed by atoms with van der Waals surface area (Å²) >= 11 is 9.22. The lowest BCUT2D eigenvalue weighted by Crippen LogP contribution is -2.44. The molecule has 0 saturated carbocycles. The Labute approximate surface area is 124 Å². The van der Waals surface area contributed by atoms with Gasteiger partial charge in [-0.3, -0.25) is 4.79 Å². The number of nitrogens with one attached hydrogen (secondary N) is 1. The van der Waals surface area contributed by atoms with E-state index in [2.05, 4.69) is 26.0 Å². The molecule has 1 atom stereocenters. The lowest BCUT2D eigenvalue weighted by Gasteiger charge is -2.16. The molecule has 5 nitrogen and oxygen atoms in total. The van der Waals surface area contributed by atoms with E-state index in [1.807, 2.05) is 0 Å². The van der Waals surface area contributed by atoms with E-state index in [0.717, 1.165) is 10.0 Å². The van der Waals surface area contributed by atoms with Crippen molar-refractivity contribution >= 4 is 39.4 Å². The molecule has 0 spiro atoms. The molecule has 1 rings (SSSR count). The minimum Gasteiger partial charge on any atom is -0.467 e. The molecule has 1 aromatic rings. The standard InChI is InChI=1S/C12H13BrClNO4/c1-19-12(18)10(15-11(17)6-16)5-7-4-8(14)2-3-9(7)13/h2-4,10,16H,5-6H2,1H3,(H,15,17)/t10-/m0/s1. The number of carbonyl (C=O) groups excluding carboxylic acids is 2. The number of esters is 1. The molecule has 0 unspecified atom stereocenters. The molecule has 0 heterocycles. The SMILES string of the molecule is COC(=O)[C@H](Cc1cc(Cl)ccc1Br)NC(=O)CO. The minimum absolute atomic E-state index is 0.208. The van der Waals surface area contributed by atoms with Crippen LogP contribution in [0, 0.1) is 0 Å². The van der Waals surface area contributed by atoms with Crippen molar-refractivity contribution in [1.82, 2.24) is 5.32 Å². The van der Waals surface area contributed by atoms with Gasteiger partial charge in [-0.2, -0.15) is 0 Å². The van der Waals surface area contributed by atoms with Crippen LogP contribution < -0.4 is 5.32 Å². The Morgan fingerprint density at radius 1 is 1.53 bits per heavy atom. The van der Waals surface area contributed by atoms with Gasteiger partial charge >= 0.3 is 5.97 Å². The van der Waals surface area contributed by atoms with Crippen molar-refractivity contribution in [3.63, 3.8) is 0 Å². The Morgan fingerprint density at radius 2 is 2.21 bits per heavy atom. The molecule has 0 aromatic heterocycles. The predicted octanol–water partition coefficient (Wildman–Crippen LogP) is 1.30. The molecule has 0 aliphatic carbocycles. The van der Waals surface area contributed by atoms with Crippen molar-refractivity contribution in [2.24, 2.45) is 0 Å². The number of ether oxygens (including phenoxy) is 1. The summed E-state index contributed by atoms with van der Waals surface area (Å²) in [5.41, 5.74) is 0.751. The highest BCUT2D eigenvalue weighted by Crippen LogP contribution is 2.22. The molecule has 0 aliphatic rings. The fourth-order valence-electron chi connectivity index (χ4n) is 1.50. The Hall–Kier alpha value is -1.11. The normalized spacial score (nSPS) is 11.8. The van der Waals surface area contributed by atoms with E-state index in [0.29, 0.717) is 5.02 Å². The molecule has 2 N–H and O–H groups in total. The first-order chi connectivity index (χ1) is 8.97. The van der Waals surface area contributed by atoms with Crippen molar-refractivity contribution in [3.8, 4) is 0 Å². The number of methoxy groups -OCH3 is 1. The molecule has 0 aliphatic heterocycles. The molecule has 1 amide bonds. The van der Waals surface area contributed by atoms with E-state index in [9.17, 15) is 9.59 Å². The molecule has 19 heavy (non-hydrogen) atoms. The summed E-state index contributed by atoms with van der Waals surface area (Å²) in [5.74, 6) is -1.23. The van der Waals surface area contributed by atoms with Gasteiger partial charge in [0.25, 0.3) is 0 Å². The number of amides is 1. The van der Waals surface area contributed by atoms with Crippen molar-refractivity contribution in [2.45, 2.75) is 12.5 Å². The van der Waals surface area contributed by atoms with Gasteiger partial charge in [0.05, 0.1) is 7.11 Å². The third-order valence-electron chi connectivity index (χ3n) is 2.40. The van der Waals surface area contributed by atoms with Crippen LogP contribution >= 0.6 is 27.5 Å². The minimum atomic E-state index is -0.876. The predicted molar refractivity (Wildman–Crippen MR) is 73.9 cm³/mol. The van der Waals surface area contributed by atoms with Gasteiger partial charge in [-0.15, -0.1) is 0 Å². The van der Waals surface area contributed by atoms with Crippen LogP contribution in [-0.4, -0.2) is 36.7 Å². The maximum atomic E-state index is 11.6. The molecule has 0 saturated heterocycles. The fourth-order valence-corrected chi connectivity index (χ4v) is 2.10. The summed E-state index contributed by atoms with van der Waals surface area (Å²) in [5, 5.41) is 11.6. The highest BCUT2D eigenvalue weighted by Gasteiger charge is 2.22. The first kappa shape index (κ1) is 15.9. The summed E-state index contributed by atoms with van der Waals surface area (Å²) in [6.07, 6.45) is 0.208. The lowest BCUT2D eigenvalue weighted by molar-refractivity contribution is -0.145. The molecular formula is C12H13BrClNO4.